The average molecular weight is 311 g/mol. The van der Waals surface area contributed by atoms with Crippen molar-refractivity contribution in [1.29, 1.82) is 0 Å². The van der Waals surface area contributed by atoms with E-state index >= 15 is 0 Å². The minimum Gasteiger partial charge on any atom is -0.324 e. The smallest absolute Gasteiger partial charge is 0.238 e. The van der Waals surface area contributed by atoms with Gasteiger partial charge in [-0.2, -0.15) is 0 Å². The SMILES string of the molecule is Cc1cc(C)c(NC(=O)CN2CCC(C)CC2)c(C)c1.Cl. The van der Waals surface area contributed by atoms with Crippen LogP contribution in [0.4, 0.5) is 5.69 Å². The number of carbonyl (C=O) groups is 1. The lowest BCUT2D eigenvalue weighted by molar-refractivity contribution is -0.117. The van der Waals surface area contributed by atoms with Crippen LogP contribution >= 0.6 is 12.4 Å². The van der Waals surface area contributed by atoms with Crippen LogP contribution in [-0.4, -0.2) is 30.4 Å². The molecule has 0 bridgehead atoms. The number of hydrogen-bond acceptors (Lipinski definition) is 2. The fraction of sp³-hybridized carbons (Fsp3) is 0.588. The quantitative estimate of drug-likeness (QED) is 0.923. The maximum absolute atomic E-state index is 12.2. The van der Waals surface area contributed by atoms with Crippen molar-refractivity contribution in [1.82, 2.24) is 4.90 Å². The molecular weight excluding hydrogens is 284 g/mol. The summed E-state index contributed by atoms with van der Waals surface area (Å²) in [6, 6.07) is 4.23. The number of amides is 1. The van der Waals surface area contributed by atoms with Gasteiger partial charge in [-0.05, 0) is 63.7 Å². The zero-order chi connectivity index (χ0) is 14.7. The minimum atomic E-state index is 0. The highest BCUT2D eigenvalue weighted by Crippen LogP contribution is 2.22. The van der Waals surface area contributed by atoms with Crippen molar-refractivity contribution in [3.05, 3.63) is 28.8 Å². The van der Waals surface area contributed by atoms with Crippen molar-refractivity contribution in [2.24, 2.45) is 5.92 Å². The van der Waals surface area contributed by atoms with Gasteiger partial charge in [-0.25, -0.2) is 0 Å². The van der Waals surface area contributed by atoms with Crippen LogP contribution in [-0.2, 0) is 4.79 Å². The van der Waals surface area contributed by atoms with E-state index in [-0.39, 0.29) is 18.3 Å². The second-order valence-electron chi connectivity index (χ2n) is 6.28. The van der Waals surface area contributed by atoms with Gasteiger partial charge in [-0.1, -0.05) is 24.6 Å². The topological polar surface area (TPSA) is 32.3 Å². The number of carbonyl (C=O) groups excluding carboxylic acids is 1. The number of nitrogens with one attached hydrogen (secondary N) is 1. The third-order valence-electron chi connectivity index (χ3n) is 4.18. The summed E-state index contributed by atoms with van der Waals surface area (Å²) in [7, 11) is 0. The van der Waals surface area contributed by atoms with Gasteiger partial charge >= 0.3 is 0 Å². The highest BCUT2D eigenvalue weighted by molar-refractivity contribution is 5.93. The molecule has 1 fully saturated rings. The standard InChI is InChI=1S/C17H26N2O.ClH/c1-12-5-7-19(8-6-12)11-16(20)18-17-14(3)9-13(2)10-15(17)4;/h9-10,12H,5-8,11H2,1-4H3,(H,18,20);1H. The first kappa shape index (κ1) is 18.0. The molecule has 1 saturated heterocycles. The van der Waals surface area contributed by atoms with E-state index in [2.05, 4.69) is 50.0 Å². The second kappa shape index (κ2) is 7.81. The average Bonchev–Trinajstić information content (AvgIpc) is 2.36. The predicted molar refractivity (Wildman–Crippen MR) is 91.4 cm³/mol. The third kappa shape index (κ3) is 5.01. The van der Waals surface area contributed by atoms with Gasteiger partial charge in [0.25, 0.3) is 0 Å². The summed E-state index contributed by atoms with van der Waals surface area (Å²) in [6.07, 6.45) is 2.41. The minimum absolute atomic E-state index is 0. The summed E-state index contributed by atoms with van der Waals surface area (Å²) in [6.45, 7) is 11.1. The molecule has 1 aromatic rings. The van der Waals surface area contributed by atoms with Crippen molar-refractivity contribution in [2.75, 3.05) is 25.0 Å². The van der Waals surface area contributed by atoms with Crippen molar-refractivity contribution >= 4 is 24.0 Å². The van der Waals surface area contributed by atoms with Crippen molar-refractivity contribution < 1.29 is 4.79 Å². The van der Waals surface area contributed by atoms with E-state index in [0.717, 1.165) is 35.8 Å². The Morgan fingerprint density at radius 1 is 1.19 bits per heavy atom. The van der Waals surface area contributed by atoms with Gasteiger partial charge in [0.15, 0.2) is 0 Å². The number of aryl methyl sites for hydroxylation is 3. The van der Waals surface area contributed by atoms with Gasteiger partial charge in [0, 0.05) is 5.69 Å². The van der Waals surface area contributed by atoms with E-state index < -0.39 is 0 Å². The Bertz CT molecular complexity index is 471. The number of rotatable bonds is 3. The Morgan fingerprint density at radius 2 is 1.71 bits per heavy atom. The maximum atomic E-state index is 12.2. The molecule has 1 heterocycles. The number of hydrogen-bond donors (Lipinski definition) is 1. The lowest BCUT2D eigenvalue weighted by atomic mass is 9.99. The Labute approximate surface area is 134 Å². The summed E-state index contributed by atoms with van der Waals surface area (Å²) in [5.74, 6) is 0.908. The van der Waals surface area contributed by atoms with Crippen LogP contribution in [0.2, 0.25) is 0 Å². The fourth-order valence-electron chi connectivity index (χ4n) is 2.98. The summed E-state index contributed by atoms with van der Waals surface area (Å²) in [5.41, 5.74) is 4.50. The second-order valence-corrected chi connectivity index (χ2v) is 6.28. The van der Waals surface area contributed by atoms with Gasteiger partial charge in [0.05, 0.1) is 6.54 Å². The lowest BCUT2D eigenvalue weighted by Gasteiger charge is -2.29. The van der Waals surface area contributed by atoms with Gasteiger partial charge in [-0.3, -0.25) is 9.69 Å². The Morgan fingerprint density at radius 3 is 2.24 bits per heavy atom. The van der Waals surface area contributed by atoms with Crippen LogP contribution in [0.5, 0.6) is 0 Å². The summed E-state index contributed by atoms with van der Waals surface area (Å²) >= 11 is 0. The van der Waals surface area contributed by atoms with Crippen molar-refractivity contribution in [3.63, 3.8) is 0 Å². The largest absolute Gasteiger partial charge is 0.324 e. The maximum Gasteiger partial charge on any atom is 0.238 e. The summed E-state index contributed by atoms with van der Waals surface area (Å²) in [5, 5.41) is 3.08. The van der Waals surface area contributed by atoms with E-state index in [9.17, 15) is 4.79 Å². The molecule has 1 N–H and O–H groups in total. The molecule has 2 rings (SSSR count). The van der Waals surface area contributed by atoms with E-state index in [1.54, 1.807) is 0 Å². The first-order valence-electron chi connectivity index (χ1n) is 7.55. The molecule has 0 saturated carbocycles. The molecule has 1 aliphatic heterocycles. The molecule has 0 spiro atoms. The first-order valence-corrected chi connectivity index (χ1v) is 7.55. The fourth-order valence-corrected chi connectivity index (χ4v) is 2.98. The Kier molecular flexibility index (Phi) is 6.69. The van der Waals surface area contributed by atoms with E-state index in [1.807, 2.05) is 0 Å². The van der Waals surface area contributed by atoms with Crippen molar-refractivity contribution in [2.45, 2.75) is 40.5 Å². The van der Waals surface area contributed by atoms with Gasteiger partial charge in [0.1, 0.15) is 0 Å². The highest BCUT2D eigenvalue weighted by atomic mass is 35.5. The van der Waals surface area contributed by atoms with Gasteiger partial charge < -0.3 is 5.32 Å². The van der Waals surface area contributed by atoms with E-state index in [1.165, 1.54) is 18.4 Å². The molecule has 1 aromatic carbocycles. The van der Waals surface area contributed by atoms with Crippen LogP contribution in [0.1, 0.15) is 36.5 Å². The molecule has 0 unspecified atom stereocenters. The molecule has 21 heavy (non-hydrogen) atoms. The monoisotopic (exact) mass is 310 g/mol. The zero-order valence-corrected chi connectivity index (χ0v) is 14.3. The molecule has 0 radical (unpaired) electrons. The number of piperidine rings is 1. The number of halogens is 1. The molecule has 1 aliphatic rings. The number of likely N-dealkylation sites (tertiary alicyclic amines) is 1. The van der Waals surface area contributed by atoms with E-state index in [0.29, 0.717) is 6.54 Å². The molecule has 0 aliphatic carbocycles. The number of anilines is 1. The Balaban J connectivity index is 0.00000220. The van der Waals surface area contributed by atoms with Gasteiger partial charge in [-0.15, -0.1) is 12.4 Å². The van der Waals surface area contributed by atoms with Crippen molar-refractivity contribution in [3.8, 4) is 0 Å². The van der Waals surface area contributed by atoms with Gasteiger partial charge in [0.2, 0.25) is 5.91 Å². The summed E-state index contributed by atoms with van der Waals surface area (Å²) < 4.78 is 0. The van der Waals surface area contributed by atoms with Crippen LogP contribution in [0, 0.1) is 26.7 Å². The first-order chi connectivity index (χ1) is 9.45. The molecule has 118 valence electrons. The third-order valence-corrected chi connectivity index (χ3v) is 4.18. The number of benzene rings is 1. The molecular formula is C17H27ClN2O. The Hall–Kier alpha value is -1.06. The summed E-state index contributed by atoms with van der Waals surface area (Å²) in [4.78, 5) is 14.5. The predicted octanol–water partition coefficient (Wildman–Crippen LogP) is 3.70. The molecule has 1 amide bonds. The van der Waals surface area contributed by atoms with Crippen LogP contribution in [0.15, 0.2) is 12.1 Å². The molecule has 3 nitrogen and oxygen atoms in total. The van der Waals surface area contributed by atoms with E-state index in [4.69, 9.17) is 0 Å². The zero-order valence-electron chi connectivity index (χ0n) is 13.5. The lowest BCUT2D eigenvalue weighted by Crippen LogP contribution is -2.38. The highest BCUT2D eigenvalue weighted by Gasteiger charge is 2.18. The molecule has 4 heteroatoms. The molecule has 0 atom stereocenters. The van der Waals surface area contributed by atoms with Crippen LogP contribution < -0.4 is 5.32 Å². The number of nitrogens with zero attached hydrogens (tertiary/aromatic N) is 1. The normalized spacial score (nSPS) is 16.4. The van der Waals surface area contributed by atoms with Crippen LogP contribution in [0.25, 0.3) is 0 Å². The van der Waals surface area contributed by atoms with Crippen LogP contribution in [0.3, 0.4) is 0 Å². The molecule has 0 aromatic heterocycles.